The number of amides is 1. The van der Waals surface area contributed by atoms with E-state index in [1.54, 1.807) is 11.8 Å². The number of rotatable bonds is 2. The van der Waals surface area contributed by atoms with Crippen LogP contribution in [-0.2, 0) is 27.7 Å². The van der Waals surface area contributed by atoms with Crippen LogP contribution >= 0.6 is 0 Å². The number of aromatic amines is 1. The lowest BCUT2D eigenvalue weighted by molar-refractivity contribution is -0.137. The van der Waals surface area contributed by atoms with E-state index in [1.165, 1.54) is 0 Å². The number of piperidine rings is 1. The third kappa shape index (κ3) is 3.29. The minimum Gasteiger partial charge on any atom is -0.332 e. The maximum Gasteiger partial charge on any atom is 0.256 e. The summed E-state index contributed by atoms with van der Waals surface area (Å²) >= 11 is 0. The van der Waals surface area contributed by atoms with Gasteiger partial charge in [0, 0.05) is 12.0 Å². The van der Waals surface area contributed by atoms with Crippen LogP contribution in [0.4, 0.5) is 0 Å². The summed E-state index contributed by atoms with van der Waals surface area (Å²) in [6.45, 7) is 3.99. The summed E-state index contributed by atoms with van der Waals surface area (Å²) in [4.78, 5) is 35.9. The smallest absolute Gasteiger partial charge is 0.256 e. The summed E-state index contributed by atoms with van der Waals surface area (Å²) in [5.74, 6) is 1.13. The first-order chi connectivity index (χ1) is 12.3. The summed E-state index contributed by atoms with van der Waals surface area (Å²) in [6.07, 6.45) is 2.19. The van der Waals surface area contributed by atoms with E-state index in [-0.39, 0.29) is 34.9 Å². The van der Waals surface area contributed by atoms with E-state index < -0.39 is 9.84 Å². The lowest BCUT2D eigenvalue weighted by atomic mass is 9.94. The minimum absolute atomic E-state index is 0.0567. The van der Waals surface area contributed by atoms with Gasteiger partial charge in [-0.1, -0.05) is 0 Å². The quantitative estimate of drug-likeness (QED) is 0.763. The van der Waals surface area contributed by atoms with Crippen LogP contribution in [0.25, 0.3) is 0 Å². The fourth-order valence-corrected chi connectivity index (χ4v) is 6.14. The van der Waals surface area contributed by atoms with Crippen molar-refractivity contribution >= 4 is 15.7 Å². The van der Waals surface area contributed by atoms with Gasteiger partial charge in [0.1, 0.15) is 5.82 Å². The number of hydrogen-bond donors (Lipinski definition) is 1. The number of nitrogens with one attached hydrogen (secondary N) is 1. The topological polar surface area (TPSA) is 103 Å². The summed E-state index contributed by atoms with van der Waals surface area (Å²) in [5.41, 5.74) is 1.14. The van der Waals surface area contributed by atoms with Crippen molar-refractivity contribution in [2.45, 2.75) is 45.3 Å². The summed E-state index contributed by atoms with van der Waals surface area (Å²) in [5, 5.41) is 0. The molecular weight excluding hydrogens is 356 g/mol. The van der Waals surface area contributed by atoms with Crippen LogP contribution in [0.15, 0.2) is 4.79 Å². The van der Waals surface area contributed by atoms with Gasteiger partial charge in [0.05, 0.1) is 35.9 Å². The predicted octanol–water partition coefficient (Wildman–Crippen LogP) is -0.180. The van der Waals surface area contributed by atoms with E-state index in [0.717, 1.165) is 25.9 Å². The number of H-pyrrole nitrogens is 1. The molecule has 1 unspecified atom stereocenters. The standard InChI is InChI=1S/C17H24N4O4S/c1-11-18-15-9-21(8-14(15)16(22)19-11)17(23)12-2-5-20(6-3-12)13-4-7-26(24,25)10-13/h12-13H,2-10H2,1H3,(H,18,19,22). The molecule has 1 N–H and O–H groups in total. The van der Waals surface area contributed by atoms with Crippen LogP contribution in [0.5, 0.6) is 0 Å². The number of sulfone groups is 1. The number of carbonyl (C=O) groups excluding carboxylic acids is 1. The van der Waals surface area contributed by atoms with Crippen LogP contribution in [0.2, 0.25) is 0 Å². The van der Waals surface area contributed by atoms with Gasteiger partial charge in [-0.05, 0) is 39.3 Å². The van der Waals surface area contributed by atoms with Crippen molar-refractivity contribution in [2.75, 3.05) is 24.6 Å². The first-order valence-electron chi connectivity index (χ1n) is 9.14. The number of aromatic nitrogens is 2. The number of nitrogens with zero attached hydrogens (tertiary/aromatic N) is 3. The molecule has 0 aromatic carbocycles. The molecule has 2 saturated heterocycles. The molecule has 0 radical (unpaired) electrons. The highest BCUT2D eigenvalue weighted by Gasteiger charge is 2.37. The first-order valence-corrected chi connectivity index (χ1v) is 11.0. The van der Waals surface area contributed by atoms with E-state index in [0.29, 0.717) is 36.6 Å². The molecule has 1 aromatic rings. The van der Waals surface area contributed by atoms with Gasteiger partial charge >= 0.3 is 0 Å². The predicted molar refractivity (Wildman–Crippen MR) is 95.2 cm³/mol. The Labute approximate surface area is 152 Å². The van der Waals surface area contributed by atoms with E-state index >= 15 is 0 Å². The molecule has 3 aliphatic rings. The van der Waals surface area contributed by atoms with Gasteiger partial charge in [-0.2, -0.15) is 0 Å². The Bertz CT molecular complexity index is 887. The Morgan fingerprint density at radius 2 is 1.92 bits per heavy atom. The summed E-state index contributed by atoms with van der Waals surface area (Å²) < 4.78 is 23.3. The van der Waals surface area contributed by atoms with E-state index in [9.17, 15) is 18.0 Å². The Balaban J connectivity index is 1.36. The normalized spacial score (nSPS) is 26.2. The zero-order valence-corrected chi connectivity index (χ0v) is 15.7. The van der Waals surface area contributed by atoms with Gasteiger partial charge in [0.2, 0.25) is 5.91 Å². The molecule has 2 fully saturated rings. The second kappa shape index (κ2) is 6.45. The Morgan fingerprint density at radius 3 is 2.58 bits per heavy atom. The molecule has 1 aromatic heterocycles. The van der Waals surface area contributed by atoms with Crippen LogP contribution in [-0.4, -0.2) is 64.7 Å². The van der Waals surface area contributed by atoms with Gasteiger partial charge < -0.3 is 9.88 Å². The highest BCUT2D eigenvalue weighted by molar-refractivity contribution is 7.91. The molecule has 9 heteroatoms. The minimum atomic E-state index is -2.88. The van der Waals surface area contributed by atoms with Crippen molar-refractivity contribution in [1.82, 2.24) is 19.8 Å². The number of fused-ring (bicyclic) bond motifs is 1. The van der Waals surface area contributed by atoms with Gasteiger partial charge in [-0.15, -0.1) is 0 Å². The molecule has 1 amide bonds. The lowest BCUT2D eigenvalue weighted by Crippen LogP contribution is -2.45. The zero-order chi connectivity index (χ0) is 18.5. The molecule has 0 spiro atoms. The first kappa shape index (κ1) is 17.7. The third-order valence-corrected chi connectivity index (χ3v) is 7.57. The number of likely N-dealkylation sites (tertiary alicyclic amines) is 1. The van der Waals surface area contributed by atoms with Crippen LogP contribution < -0.4 is 5.56 Å². The van der Waals surface area contributed by atoms with Crippen molar-refractivity contribution in [2.24, 2.45) is 5.92 Å². The molecule has 3 aliphatic heterocycles. The molecule has 26 heavy (non-hydrogen) atoms. The molecule has 0 bridgehead atoms. The SMILES string of the molecule is Cc1nc2c(c(=O)[nH]1)CN(C(=O)C1CCN(C3CCS(=O)(=O)C3)CC1)C2. The Morgan fingerprint density at radius 1 is 1.19 bits per heavy atom. The van der Waals surface area contributed by atoms with Gasteiger partial charge in [0.25, 0.3) is 5.56 Å². The molecule has 4 heterocycles. The maximum absolute atomic E-state index is 12.9. The van der Waals surface area contributed by atoms with Crippen molar-refractivity contribution in [3.8, 4) is 0 Å². The van der Waals surface area contributed by atoms with Gasteiger partial charge in [0.15, 0.2) is 9.84 Å². The van der Waals surface area contributed by atoms with Crippen molar-refractivity contribution in [3.63, 3.8) is 0 Å². The molecule has 4 rings (SSSR count). The molecule has 0 saturated carbocycles. The Kier molecular flexibility index (Phi) is 4.38. The third-order valence-electron chi connectivity index (χ3n) is 5.82. The second-order valence-electron chi connectivity index (χ2n) is 7.64. The Hall–Kier alpha value is -1.74. The van der Waals surface area contributed by atoms with Crippen molar-refractivity contribution in [1.29, 1.82) is 0 Å². The van der Waals surface area contributed by atoms with Crippen molar-refractivity contribution in [3.05, 3.63) is 27.4 Å². The molecule has 1 atom stereocenters. The average Bonchev–Trinajstić information content (AvgIpc) is 3.17. The van der Waals surface area contributed by atoms with E-state index in [2.05, 4.69) is 14.9 Å². The summed E-state index contributed by atoms with van der Waals surface area (Å²) in [6, 6.07) is 0.109. The molecule has 8 nitrogen and oxygen atoms in total. The van der Waals surface area contributed by atoms with E-state index in [1.807, 2.05) is 0 Å². The summed E-state index contributed by atoms with van der Waals surface area (Å²) in [7, 11) is -2.88. The highest BCUT2D eigenvalue weighted by atomic mass is 32.2. The molecule has 142 valence electrons. The average molecular weight is 380 g/mol. The van der Waals surface area contributed by atoms with Crippen LogP contribution in [0, 0.1) is 12.8 Å². The molecule has 0 aliphatic carbocycles. The van der Waals surface area contributed by atoms with Gasteiger partial charge in [-0.25, -0.2) is 13.4 Å². The number of aryl methyl sites for hydroxylation is 1. The van der Waals surface area contributed by atoms with Crippen LogP contribution in [0.1, 0.15) is 36.3 Å². The fraction of sp³-hybridized carbons (Fsp3) is 0.706. The van der Waals surface area contributed by atoms with Crippen LogP contribution in [0.3, 0.4) is 0 Å². The lowest BCUT2D eigenvalue weighted by Gasteiger charge is -2.36. The molecular formula is C17H24N4O4S. The number of carbonyl (C=O) groups is 1. The zero-order valence-electron chi connectivity index (χ0n) is 14.9. The van der Waals surface area contributed by atoms with Crippen molar-refractivity contribution < 1.29 is 13.2 Å². The largest absolute Gasteiger partial charge is 0.332 e. The maximum atomic E-state index is 12.9. The number of hydrogen-bond acceptors (Lipinski definition) is 6. The van der Waals surface area contributed by atoms with E-state index in [4.69, 9.17) is 0 Å². The highest BCUT2D eigenvalue weighted by Crippen LogP contribution is 2.28. The fourth-order valence-electron chi connectivity index (χ4n) is 4.38. The monoisotopic (exact) mass is 380 g/mol. The second-order valence-corrected chi connectivity index (χ2v) is 9.87. The van der Waals surface area contributed by atoms with Gasteiger partial charge in [-0.3, -0.25) is 14.5 Å².